The van der Waals surface area contributed by atoms with Gasteiger partial charge in [-0.15, -0.1) is 0 Å². The molecule has 0 fully saturated rings. The second-order valence-corrected chi connectivity index (χ2v) is 4.17. The van der Waals surface area contributed by atoms with Gasteiger partial charge in [0.1, 0.15) is 18.2 Å². The maximum Gasteiger partial charge on any atom is 0.129 e. The maximum atomic E-state index is 13.5. The fraction of sp³-hybridized carbons (Fsp3) is 0.200. The maximum absolute atomic E-state index is 13.5. The van der Waals surface area contributed by atoms with Gasteiger partial charge in [-0.25, -0.2) is 4.39 Å². The van der Waals surface area contributed by atoms with Gasteiger partial charge in [-0.3, -0.25) is 0 Å². The van der Waals surface area contributed by atoms with E-state index >= 15 is 0 Å². The molecular weight excluding hydrogens is 245 g/mol. The van der Waals surface area contributed by atoms with Crippen molar-refractivity contribution >= 4 is 0 Å². The van der Waals surface area contributed by atoms with Crippen LogP contribution in [-0.4, -0.2) is 11.7 Å². The first kappa shape index (κ1) is 13.5. The van der Waals surface area contributed by atoms with E-state index in [-0.39, 0.29) is 19.0 Å². The van der Waals surface area contributed by atoms with Crippen LogP contribution in [0.2, 0.25) is 0 Å². The Morgan fingerprint density at radius 1 is 1.11 bits per heavy atom. The molecule has 1 unspecified atom stereocenters. The second kappa shape index (κ2) is 6.31. The van der Waals surface area contributed by atoms with Gasteiger partial charge < -0.3 is 15.6 Å². The lowest BCUT2D eigenvalue weighted by atomic mass is 10.1. The number of aliphatic hydroxyl groups excluding tert-OH is 1. The van der Waals surface area contributed by atoms with Gasteiger partial charge in [0, 0.05) is 17.7 Å². The summed E-state index contributed by atoms with van der Waals surface area (Å²) in [4.78, 5) is 0. The van der Waals surface area contributed by atoms with Crippen LogP contribution in [0.4, 0.5) is 4.39 Å². The molecule has 19 heavy (non-hydrogen) atoms. The van der Waals surface area contributed by atoms with Crippen molar-refractivity contribution in [3.05, 3.63) is 65.5 Å². The Morgan fingerprint density at radius 3 is 2.53 bits per heavy atom. The lowest BCUT2D eigenvalue weighted by molar-refractivity contribution is 0.178. The molecule has 0 aliphatic carbocycles. The predicted molar refractivity (Wildman–Crippen MR) is 71.2 cm³/mol. The molecule has 0 saturated heterocycles. The second-order valence-electron chi connectivity index (χ2n) is 4.17. The normalized spacial score (nSPS) is 12.2. The summed E-state index contributed by atoms with van der Waals surface area (Å²) in [5.41, 5.74) is 6.52. The Labute approximate surface area is 111 Å². The zero-order chi connectivity index (χ0) is 13.7. The van der Waals surface area contributed by atoms with Gasteiger partial charge in [-0.1, -0.05) is 36.4 Å². The first-order valence-electron chi connectivity index (χ1n) is 6.05. The van der Waals surface area contributed by atoms with Crippen LogP contribution >= 0.6 is 0 Å². The highest BCUT2D eigenvalue weighted by Gasteiger charge is 2.11. The fourth-order valence-corrected chi connectivity index (χ4v) is 1.79. The van der Waals surface area contributed by atoms with Crippen molar-refractivity contribution in [3.8, 4) is 5.75 Å². The first-order chi connectivity index (χ1) is 9.22. The van der Waals surface area contributed by atoms with Crippen LogP contribution in [0.5, 0.6) is 5.75 Å². The Morgan fingerprint density at radius 2 is 1.79 bits per heavy atom. The third-order valence-corrected chi connectivity index (χ3v) is 2.84. The third-order valence-electron chi connectivity index (χ3n) is 2.84. The topological polar surface area (TPSA) is 55.5 Å². The molecule has 0 saturated carbocycles. The average molecular weight is 261 g/mol. The lowest BCUT2D eigenvalue weighted by Gasteiger charge is -2.15. The Hall–Kier alpha value is -1.91. The van der Waals surface area contributed by atoms with Gasteiger partial charge in [-0.05, 0) is 12.1 Å². The van der Waals surface area contributed by atoms with E-state index in [1.165, 1.54) is 6.07 Å². The summed E-state index contributed by atoms with van der Waals surface area (Å²) in [5.74, 6) is 0.211. The van der Waals surface area contributed by atoms with Crippen molar-refractivity contribution in [1.29, 1.82) is 0 Å². The van der Waals surface area contributed by atoms with Gasteiger partial charge in [0.15, 0.2) is 0 Å². The molecule has 0 aromatic heterocycles. The number of hydrogen-bond acceptors (Lipinski definition) is 3. The summed E-state index contributed by atoms with van der Waals surface area (Å²) in [6, 6.07) is 13.5. The minimum Gasteiger partial charge on any atom is -0.488 e. The van der Waals surface area contributed by atoms with E-state index in [0.29, 0.717) is 16.9 Å². The average Bonchev–Trinajstić information content (AvgIpc) is 2.46. The van der Waals surface area contributed by atoms with E-state index < -0.39 is 6.10 Å². The first-order valence-corrected chi connectivity index (χ1v) is 6.05. The van der Waals surface area contributed by atoms with E-state index in [4.69, 9.17) is 10.5 Å². The summed E-state index contributed by atoms with van der Waals surface area (Å²) < 4.78 is 19.0. The number of aliphatic hydroxyl groups is 1. The number of rotatable bonds is 5. The summed E-state index contributed by atoms with van der Waals surface area (Å²) in [6.45, 7) is 0.223. The van der Waals surface area contributed by atoms with Gasteiger partial charge in [-0.2, -0.15) is 0 Å². The number of halogens is 1. The van der Waals surface area contributed by atoms with Crippen LogP contribution in [0.15, 0.2) is 48.5 Å². The molecule has 2 aromatic rings. The van der Waals surface area contributed by atoms with Gasteiger partial charge in [0.05, 0.1) is 6.10 Å². The summed E-state index contributed by atoms with van der Waals surface area (Å²) >= 11 is 0. The molecule has 0 aliphatic heterocycles. The molecule has 0 amide bonds. The number of benzene rings is 2. The molecule has 1 atom stereocenters. The van der Waals surface area contributed by atoms with Crippen LogP contribution in [-0.2, 0) is 6.61 Å². The molecule has 4 heteroatoms. The van der Waals surface area contributed by atoms with Crippen molar-refractivity contribution in [2.45, 2.75) is 12.7 Å². The predicted octanol–water partition coefficient (Wildman–Crippen LogP) is 2.40. The quantitative estimate of drug-likeness (QED) is 0.869. The molecule has 0 aliphatic rings. The van der Waals surface area contributed by atoms with E-state index in [1.54, 1.807) is 42.5 Å². The van der Waals surface area contributed by atoms with Crippen LogP contribution in [0.25, 0.3) is 0 Å². The highest BCUT2D eigenvalue weighted by Crippen LogP contribution is 2.25. The van der Waals surface area contributed by atoms with Gasteiger partial charge in [0.25, 0.3) is 0 Å². The molecule has 2 rings (SSSR count). The molecule has 100 valence electrons. The Kier molecular flexibility index (Phi) is 4.49. The smallest absolute Gasteiger partial charge is 0.129 e. The zero-order valence-electron chi connectivity index (χ0n) is 10.4. The summed E-state index contributed by atoms with van der Waals surface area (Å²) in [5, 5.41) is 9.78. The minimum absolute atomic E-state index is 0.111. The van der Waals surface area contributed by atoms with Crippen LogP contribution in [0.1, 0.15) is 17.2 Å². The number of hydrogen-bond donors (Lipinski definition) is 2. The van der Waals surface area contributed by atoms with Crippen LogP contribution in [0, 0.1) is 5.82 Å². The summed E-state index contributed by atoms with van der Waals surface area (Å²) in [7, 11) is 0. The van der Waals surface area contributed by atoms with Crippen LogP contribution < -0.4 is 10.5 Å². The molecule has 0 bridgehead atoms. The van der Waals surface area contributed by atoms with Crippen molar-refractivity contribution in [1.82, 2.24) is 0 Å². The molecule has 3 N–H and O–H groups in total. The fourth-order valence-electron chi connectivity index (χ4n) is 1.79. The Bertz CT molecular complexity index is 545. The molecule has 2 aromatic carbocycles. The largest absolute Gasteiger partial charge is 0.488 e. The van der Waals surface area contributed by atoms with E-state index in [0.717, 1.165) is 0 Å². The van der Waals surface area contributed by atoms with E-state index in [2.05, 4.69) is 0 Å². The van der Waals surface area contributed by atoms with Crippen LogP contribution in [0.3, 0.4) is 0 Å². The van der Waals surface area contributed by atoms with E-state index in [9.17, 15) is 9.50 Å². The zero-order valence-corrected chi connectivity index (χ0v) is 10.4. The van der Waals surface area contributed by atoms with Crippen molar-refractivity contribution in [2.24, 2.45) is 5.73 Å². The number of para-hydroxylation sites is 1. The highest BCUT2D eigenvalue weighted by molar-refractivity contribution is 5.35. The van der Waals surface area contributed by atoms with Gasteiger partial charge >= 0.3 is 0 Å². The SMILES string of the molecule is NCC(O)c1ccccc1OCc1ccccc1F. The minimum atomic E-state index is -0.781. The monoisotopic (exact) mass is 261 g/mol. The lowest BCUT2D eigenvalue weighted by Crippen LogP contribution is -2.13. The molecular formula is C15H16FNO2. The highest BCUT2D eigenvalue weighted by atomic mass is 19.1. The molecule has 0 heterocycles. The Balaban J connectivity index is 2.14. The van der Waals surface area contributed by atoms with Gasteiger partial charge in [0.2, 0.25) is 0 Å². The van der Waals surface area contributed by atoms with E-state index in [1.807, 2.05) is 0 Å². The molecule has 0 spiro atoms. The standard InChI is InChI=1S/C15H16FNO2/c16-13-7-3-1-5-11(13)10-19-15-8-4-2-6-12(15)14(18)9-17/h1-8,14,18H,9-10,17H2. The third kappa shape index (κ3) is 3.30. The van der Waals surface area contributed by atoms with Crippen molar-refractivity contribution in [2.75, 3.05) is 6.54 Å². The van der Waals surface area contributed by atoms with Crippen molar-refractivity contribution in [3.63, 3.8) is 0 Å². The summed E-state index contributed by atoms with van der Waals surface area (Å²) in [6.07, 6.45) is -0.781. The number of nitrogens with two attached hydrogens (primary N) is 1. The molecule has 3 nitrogen and oxygen atoms in total. The number of ether oxygens (including phenoxy) is 1. The molecule has 0 radical (unpaired) electrons. The van der Waals surface area contributed by atoms with Crippen molar-refractivity contribution < 1.29 is 14.2 Å².